The van der Waals surface area contributed by atoms with Crippen LogP contribution in [0.2, 0.25) is 0 Å². The smallest absolute Gasteiger partial charge is 0.410 e. The molecule has 1 atom stereocenters. The number of carboxylic acid groups (broad SMARTS) is 1. The summed E-state index contributed by atoms with van der Waals surface area (Å²) in [6, 6.07) is 24.3. The van der Waals surface area contributed by atoms with E-state index >= 15 is 0 Å². The van der Waals surface area contributed by atoms with Crippen LogP contribution in [0.4, 0.5) is 4.79 Å². The van der Waals surface area contributed by atoms with Crippen LogP contribution in [0.15, 0.2) is 78.9 Å². The molecule has 6 heteroatoms. The van der Waals surface area contributed by atoms with Crippen molar-refractivity contribution >= 4 is 24.7 Å². The predicted molar refractivity (Wildman–Crippen MR) is 122 cm³/mol. The van der Waals surface area contributed by atoms with Gasteiger partial charge in [-0.2, -0.15) is 12.6 Å². The Labute approximate surface area is 186 Å². The van der Waals surface area contributed by atoms with Crippen LogP contribution in [-0.4, -0.2) is 40.5 Å². The molecule has 0 fully saturated rings. The Balaban J connectivity index is 1.56. The normalized spacial score (nSPS) is 13.2. The zero-order valence-electron chi connectivity index (χ0n) is 16.8. The number of nitrogens with zero attached hydrogens (tertiary/aromatic N) is 1. The Morgan fingerprint density at radius 3 is 2.00 bits per heavy atom. The number of carbonyl (C=O) groups is 2. The molecule has 0 spiro atoms. The van der Waals surface area contributed by atoms with Gasteiger partial charge in [-0.25, -0.2) is 9.59 Å². The van der Waals surface area contributed by atoms with E-state index in [1.807, 2.05) is 66.7 Å². The molecule has 5 nitrogen and oxygen atoms in total. The highest BCUT2D eigenvalue weighted by Gasteiger charge is 2.33. The summed E-state index contributed by atoms with van der Waals surface area (Å²) < 4.78 is 5.70. The molecule has 0 heterocycles. The van der Waals surface area contributed by atoms with E-state index in [1.165, 1.54) is 4.90 Å². The molecule has 4 rings (SSSR count). The van der Waals surface area contributed by atoms with Gasteiger partial charge < -0.3 is 9.84 Å². The second kappa shape index (κ2) is 9.27. The highest BCUT2D eigenvalue weighted by atomic mass is 32.1. The van der Waals surface area contributed by atoms with Crippen molar-refractivity contribution in [2.24, 2.45) is 0 Å². The number of ether oxygens (including phenoxy) is 1. The quantitative estimate of drug-likeness (QED) is 0.524. The zero-order valence-corrected chi connectivity index (χ0v) is 17.7. The fourth-order valence-electron chi connectivity index (χ4n) is 4.07. The fraction of sp³-hybridized carbons (Fsp3) is 0.200. The molecule has 0 aromatic heterocycles. The van der Waals surface area contributed by atoms with Gasteiger partial charge in [-0.3, -0.25) is 4.90 Å². The first-order chi connectivity index (χ1) is 15.1. The minimum atomic E-state index is -1.11. The molecule has 0 radical (unpaired) electrons. The van der Waals surface area contributed by atoms with Crippen molar-refractivity contribution in [3.63, 3.8) is 0 Å². The van der Waals surface area contributed by atoms with Crippen LogP contribution in [-0.2, 0) is 16.1 Å². The van der Waals surface area contributed by atoms with E-state index in [0.717, 1.165) is 27.8 Å². The average Bonchev–Trinajstić information content (AvgIpc) is 3.11. The van der Waals surface area contributed by atoms with E-state index in [0.29, 0.717) is 0 Å². The van der Waals surface area contributed by atoms with Crippen molar-refractivity contribution in [1.82, 2.24) is 4.90 Å². The average molecular weight is 434 g/mol. The van der Waals surface area contributed by atoms with Crippen molar-refractivity contribution in [2.45, 2.75) is 18.5 Å². The lowest BCUT2D eigenvalue weighted by Crippen LogP contribution is -2.46. The highest BCUT2D eigenvalue weighted by Crippen LogP contribution is 2.44. The second-order valence-corrected chi connectivity index (χ2v) is 7.82. The Bertz CT molecular complexity index is 1040. The SMILES string of the molecule is O=C(O)[C@@H](CS)N(Cc1ccccc1)C(=O)OCC1c2ccccc2-c2ccccc21. The van der Waals surface area contributed by atoms with Crippen LogP contribution in [0.3, 0.4) is 0 Å². The number of thiol groups is 1. The van der Waals surface area contributed by atoms with E-state index in [4.69, 9.17) is 4.74 Å². The molecule has 3 aromatic rings. The molecule has 0 unspecified atom stereocenters. The summed E-state index contributed by atoms with van der Waals surface area (Å²) in [6.45, 7) is 0.270. The summed E-state index contributed by atoms with van der Waals surface area (Å²) >= 11 is 4.15. The lowest BCUT2D eigenvalue weighted by molar-refractivity contribution is -0.142. The van der Waals surface area contributed by atoms with Gasteiger partial charge in [0.2, 0.25) is 0 Å². The van der Waals surface area contributed by atoms with Crippen molar-refractivity contribution in [2.75, 3.05) is 12.4 Å². The summed E-state index contributed by atoms with van der Waals surface area (Å²) in [4.78, 5) is 26.0. The maximum absolute atomic E-state index is 13.0. The minimum Gasteiger partial charge on any atom is -0.480 e. The van der Waals surface area contributed by atoms with Crippen molar-refractivity contribution in [3.05, 3.63) is 95.6 Å². The van der Waals surface area contributed by atoms with Gasteiger partial charge in [0, 0.05) is 18.2 Å². The maximum Gasteiger partial charge on any atom is 0.410 e. The summed E-state index contributed by atoms with van der Waals surface area (Å²) in [5.74, 6) is -1.21. The number of benzene rings is 3. The maximum atomic E-state index is 13.0. The second-order valence-electron chi connectivity index (χ2n) is 7.45. The van der Waals surface area contributed by atoms with Crippen LogP contribution in [0.25, 0.3) is 11.1 Å². The van der Waals surface area contributed by atoms with Gasteiger partial charge in [0.1, 0.15) is 12.6 Å². The third kappa shape index (κ3) is 4.30. The van der Waals surface area contributed by atoms with Crippen LogP contribution in [0.1, 0.15) is 22.6 Å². The Morgan fingerprint density at radius 2 is 1.45 bits per heavy atom. The summed E-state index contributed by atoms with van der Waals surface area (Å²) in [5, 5.41) is 9.61. The van der Waals surface area contributed by atoms with Gasteiger partial charge in [0.25, 0.3) is 0 Å². The third-order valence-corrected chi connectivity index (χ3v) is 5.95. The number of carboxylic acids is 1. The number of fused-ring (bicyclic) bond motifs is 3. The largest absolute Gasteiger partial charge is 0.480 e. The van der Waals surface area contributed by atoms with E-state index in [-0.39, 0.29) is 24.8 Å². The molecule has 1 aliphatic carbocycles. The molecule has 0 bridgehead atoms. The van der Waals surface area contributed by atoms with Gasteiger partial charge in [-0.1, -0.05) is 78.9 Å². The highest BCUT2D eigenvalue weighted by molar-refractivity contribution is 7.80. The number of hydrogen-bond donors (Lipinski definition) is 2. The first-order valence-electron chi connectivity index (χ1n) is 10.1. The monoisotopic (exact) mass is 433 g/mol. The van der Waals surface area contributed by atoms with Crippen molar-refractivity contribution in [1.29, 1.82) is 0 Å². The van der Waals surface area contributed by atoms with Crippen LogP contribution in [0.5, 0.6) is 0 Å². The summed E-state index contributed by atoms with van der Waals surface area (Å²) in [7, 11) is 0. The molecule has 0 saturated heterocycles. The topological polar surface area (TPSA) is 66.8 Å². The van der Waals surface area contributed by atoms with Gasteiger partial charge in [-0.15, -0.1) is 0 Å². The molecule has 1 N–H and O–H groups in total. The first kappa shape index (κ1) is 21.0. The molecule has 3 aromatic carbocycles. The molecule has 0 saturated carbocycles. The van der Waals surface area contributed by atoms with Gasteiger partial charge in [-0.05, 0) is 27.8 Å². The molecule has 1 aliphatic rings. The Morgan fingerprint density at radius 1 is 0.903 bits per heavy atom. The Kier molecular flexibility index (Phi) is 6.28. The van der Waals surface area contributed by atoms with Gasteiger partial charge in [0.15, 0.2) is 0 Å². The molecule has 1 amide bonds. The molecular weight excluding hydrogens is 410 g/mol. The van der Waals surface area contributed by atoms with Gasteiger partial charge >= 0.3 is 12.1 Å². The molecular formula is C25H23NO4S. The van der Waals surface area contributed by atoms with Crippen LogP contribution < -0.4 is 0 Å². The molecule has 0 aliphatic heterocycles. The first-order valence-corrected chi connectivity index (χ1v) is 10.7. The molecule has 31 heavy (non-hydrogen) atoms. The van der Waals surface area contributed by atoms with Crippen LogP contribution >= 0.6 is 12.6 Å². The Hall–Kier alpha value is -3.25. The van der Waals surface area contributed by atoms with E-state index in [1.54, 1.807) is 0 Å². The van der Waals surface area contributed by atoms with Crippen LogP contribution in [0, 0.1) is 0 Å². The van der Waals surface area contributed by atoms with Crippen molar-refractivity contribution < 1.29 is 19.4 Å². The lowest BCUT2D eigenvalue weighted by Gasteiger charge is -2.28. The zero-order chi connectivity index (χ0) is 21.8. The standard InChI is InChI=1S/C25H23NO4S/c27-24(28)23(16-31)26(14-17-8-2-1-3-9-17)25(29)30-15-22-20-12-6-4-10-18(20)19-11-5-7-13-21(19)22/h1-13,22-23,31H,14-16H2,(H,27,28)/t23-/m1/s1. The van der Waals surface area contributed by atoms with E-state index < -0.39 is 18.1 Å². The fourth-order valence-corrected chi connectivity index (χ4v) is 4.42. The number of rotatable bonds is 7. The summed E-state index contributed by atoms with van der Waals surface area (Å²) in [5.41, 5.74) is 5.31. The number of carbonyl (C=O) groups excluding carboxylic acids is 1. The minimum absolute atomic E-state index is 0.00758. The number of hydrogen-bond acceptors (Lipinski definition) is 4. The summed E-state index contributed by atoms with van der Waals surface area (Å²) in [6.07, 6.45) is -0.660. The lowest BCUT2D eigenvalue weighted by atomic mass is 9.98. The molecule has 158 valence electrons. The third-order valence-electron chi connectivity index (χ3n) is 5.60. The predicted octanol–water partition coefficient (Wildman–Crippen LogP) is 4.82. The van der Waals surface area contributed by atoms with E-state index in [2.05, 4.69) is 24.8 Å². The number of amides is 1. The number of aliphatic carboxylic acids is 1. The van der Waals surface area contributed by atoms with E-state index in [9.17, 15) is 14.7 Å². The van der Waals surface area contributed by atoms with Crippen molar-refractivity contribution in [3.8, 4) is 11.1 Å². The van der Waals surface area contributed by atoms with Gasteiger partial charge in [0.05, 0.1) is 0 Å².